The minimum Gasteiger partial charge on any atom is -0.368 e. The number of hydrogen-bond donors (Lipinski definition) is 2. The summed E-state index contributed by atoms with van der Waals surface area (Å²) in [5, 5.41) is 8.37. The Bertz CT molecular complexity index is 1060. The molecule has 3 aromatic rings. The predicted molar refractivity (Wildman–Crippen MR) is 110 cm³/mol. The van der Waals surface area contributed by atoms with Gasteiger partial charge < -0.3 is 11.1 Å². The fraction of sp³-hybridized carbons (Fsp3) is 0.381. The van der Waals surface area contributed by atoms with Gasteiger partial charge in [0.1, 0.15) is 16.2 Å². The van der Waals surface area contributed by atoms with Gasteiger partial charge in [-0.05, 0) is 43.5 Å². The van der Waals surface area contributed by atoms with Gasteiger partial charge in [0.15, 0.2) is 0 Å². The van der Waals surface area contributed by atoms with Crippen LogP contribution in [-0.4, -0.2) is 27.1 Å². The number of hydrogen-bond acceptors (Lipinski definition) is 4. The SMILES string of the molecule is Cc1nn(Cc2ccc(F)cc2)c2sc(C(=O)NC3(C(N)=O)CCCCC3)cc12. The van der Waals surface area contributed by atoms with Crippen molar-refractivity contribution in [1.82, 2.24) is 15.1 Å². The van der Waals surface area contributed by atoms with Gasteiger partial charge in [-0.25, -0.2) is 4.39 Å². The van der Waals surface area contributed by atoms with Crippen molar-refractivity contribution in [3.8, 4) is 0 Å². The Kier molecular flexibility index (Phi) is 5.12. The maximum absolute atomic E-state index is 13.2. The third-order valence-electron chi connectivity index (χ3n) is 5.61. The van der Waals surface area contributed by atoms with Gasteiger partial charge in [0, 0.05) is 5.39 Å². The van der Waals surface area contributed by atoms with E-state index in [9.17, 15) is 14.0 Å². The normalized spacial score (nSPS) is 16.1. The largest absolute Gasteiger partial charge is 0.368 e. The first-order valence-electron chi connectivity index (χ1n) is 9.72. The van der Waals surface area contributed by atoms with Gasteiger partial charge in [0.05, 0.1) is 17.1 Å². The molecule has 6 nitrogen and oxygen atoms in total. The second kappa shape index (κ2) is 7.59. The highest BCUT2D eigenvalue weighted by atomic mass is 32.1. The van der Waals surface area contributed by atoms with Crippen LogP contribution >= 0.6 is 11.3 Å². The lowest BCUT2D eigenvalue weighted by Crippen LogP contribution is -2.58. The van der Waals surface area contributed by atoms with E-state index in [1.807, 2.05) is 17.7 Å². The fourth-order valence-electron chi connectivity index (χ4n) is 3.96. The van der Waals surface area contributed by atoms with Crippen LogP contribution in [0.2, 0.25) is 0 Å². The number of benzene rings is 1. The molecule has 2 amide bonds. The number of nitrogens with two attached hydrogens (primary N) is 1. The Hall–Kier alpha value is -2.74. The molecular formula is C21H23FN4O2S. The molecule has 2 aromatic heterocycles. The van der Waals surface area contributed by atoms with Crippen molar-refractivity contribution < 1.29 is 14.0 Å². The smallest absolute Gasteiger partial charge is 0.262 e. The molecular weight excluding hydrogens is 391 g/mol. The third kappa shape index (κ3) is 3.76. The van der Waals surface area contributed by atoms with Crippen molar-refractivity contribution >= 4 is 33.4 Å². The number of primary amides is 1. The van der Waals surface area contributed by atoms with Crippen LogP contribution in [0.5, 0.6) is 0 Å². The highest BCUT2D eigenvalue weighted by molar-refractivity contribution is 7.20. The average Bonchev–Trinajstić information content (AvgIpc) is 3.26. The zero-order chi connectivity index (χ0) is 20.6. The van der Waals surface area contributed by atoms with Crippen LogP contribution in [0.1, 0.15) is 53.0 Å². The number of fused-ring (bicyclic) bond motifs is 1. The molecule has 1 saturated carbocycles. The topological polar surface area (TPSA) is 90.0 Å². The summed E-state index contributed by atoms with van der Waals surface area (Å²) in [7, 11) is 0. The van der Waals surface area contributed by atoms with Crippen LogP contribution < -0.4 is 11.1 Å². The van der Waals surface area contributed by atoms with Crippen LogP contribution in [0.3, 0.4) is 0 Å². The van der Waals surface area contributed by atoms with E-state index in [-0.39, 0.29) is 11.7 Å². The van der Waals surface area contributed by atoms with Crippen LogP contribution in [0, 0.1) is 12.7 Å². The second-order valence-electron chi connectivity index (χ2n) is 7.66. The third-order valence-corrected chi connectivity index (χ3v) is 6.76. The van der Waals surface area contributed by atoms with Crippen LogP contribution in [-0.2, 0) is 11.3 Å². The molecule has 1 aromatic carbocycles. The molecule has 1 fully saturated rings. The van der Waals surface area contributed by atoms with Crippen LogP contribution in [0.15, 0.2) is 30.3 Å². The monoisotopic (exact) mass is 414 g/mol. The van der Waals surface area contributed by atoms with Crippen molar-refractivity contribution in [2.24, 2.45) is 5.73 Å². The quantitative estimate of drug-likeness (QED) is 0.669. The summed E-state index contributed by atoms with van der Waals surface area (Å²) < 4.78 is 15.0. The van der Waals surface area contributed by atoms with Gasteiger partial charge in [-0.2, -0.15) is 5.10 Å². The molecule has 8 heteroatoms. The Morgan fingerprint density at radius 3 is 2.59 bits per heavy atom. The van der Waals surface area contributed by atoms with Crippen LogP contribution in [0.25, 0.3) is 10.2 Å². The van der Waals surface area contributed by atoms with Crippen molar-refractivity contribution in [1.29, 1.82) is 0 Å². The molecule has 4 rings (SSSR count). The fourth-order valence-corrected chi connectivity index (χ4v) is 5.02. The molecule has 0 aliphatic heterocycles. The number of halogens is 1. The van der Waals surface area contributed by atoms with E-state index < -0.39 is 11.4 Å². The number of aryl methyl sites for hydroxylation is 1. The number of amides is 2. The maximum atomic E-state index is 13.2. The molecule has 3 N–H and O–H groups in total. The first-order valence-corrected chi connectivity index (χ1v) is 10.5. The summed E-state index contributed by atoms with van der Waals surface area (Å²) >= 11 is 1.34. The minimum atomic E-state index is -0.958. The van der Waals surface area contributed by atoms with E-state index in [1.54, 1.807) is 12.1 Å². The van der Waals surface area contributed by atoms with E-state index >= 15 is 0 Å². The lowest BCUT2D eigenvalue weighted by molar-refractivity contribution is -0.125. The summed E-state index contributed by atoms with van der Waals surface area (Å²) in [6.07, 6.45) is 3.96. The summed E-state index contributed by atoms with van der Waals surface area (Å²) in [6, 6.07) is 8.10. The number of nitrogens with zero attached hydrogens (tertiary/aromatic N) is 2. The number of carbonyl (C=O) groups excluding carboxylic acids is 2. The number of thiophene rings is 1. The number of nitrogens with one attached hydrogen (secondary N) is 1. The molecule has 152 valence electrons. The van der Waals surface area contributed by atoms with E-state index in [4.69, 9.17) is 5.73 Å². The Morgan fingerprint density at radius 2 is 1.93 bits per heavy atom. The zero-order valence-electron chi connectivity index (χ0n) is 16.2. The second-order valence-corrected chi connectivity index (χ2v) is 8.69. The first-order chi connectivity index (χ1) is 13.9. The van der Waals surface area contributed by atoms with E-state index in [0.29, 0.717) is 24.3 Å². The van der Waals surface area contributed by atoms with Crippen molar-refractivity contribution in [2.45, 2.75) is 51.1 Å². The number of rotatable bonds is 5. The van der Waals surface area contributed by atoms with E-state index in [2.05, 4.69) is 10.4 Å². The molecule has 0 radical (unpaired) electrons. The summed E-state index contributed by atoms with van der Waals surface area (Å²) in [5.74, 6) is -1.03. The summed E-state index contributed by atoms with van der Waals surface area (Å²) in [6.45, 7) is 2.38. The molecule has 0 atom stereocenters. The zero-order valence-corrected chi connectivity index (χ0v) is 17.0. The lowest BCUT2D eigenvalue weighted by Gasteiger charge is -2.34. The molecule has 0 spiro atoms. The number of aromatic nitrogens is 2. The van der Waals surface area contributed by atoms with E-state index in [1.165, 1.54) is 23.5 Å². The molecule has 0 bridgehead atoms. The molecule has 1 aliphatic carbocycles. The first kappa shape index (κ1) is 19.6. The van der Waals surface area contributed by atoms with E-state index in [0.717, 1.165) is 40.7 Å². The molecule has 2 heterocycles. The Balaban J connectivity index is 1.60. The average molecular weight is 415 g/mol. The molecule has 29 heavy (non-hydrogen) atoms. The number of carbonyl (C=O) groups is 2. The van der Waals surface area contributed by atoms with Gasteiger partial charge in [0.25, 0.3) is 5.91 Å². The van der Waals surface area contributed by atoms with Crippen molar-refractivity contribution in [3.05, 3.63) is 52.3 Å². The highest BCUT2D eigenvalue weighted by Gasteiger charge is 2.39. The molecule has 1 aliphatic rings. The molecule has 0 unspecified atom stereocenters. The van der Waals surface area contributed by atoms with Gasteiger partial charge in [-0.1, -0.05) is 31.4 Å². The van der Waals surface area contributed by atoms with Gasteiger partial charge in [-0.15, -0.1) is 11.3 Å². The maximum Gasteiger partial charge on any atom is 0.262 e. The standard InChI is InChI=1S/C21H23FN4O2S/c1-13-16-11-17(18(27)24-21(20(23)28)9-3-2-4-10-21)29-19(16)26(25-13)12-14-5-7-15(22)8-6-14/h5-8,11H,2-4,9-10,12H2,1H3,(H2,23,28)(H,24,27). The highest BCUT2D eigenvalue weighted by Crippen LogP contribution is 2.32. The van der Waals surface area contributed by atoms with Crippen molar-refractivity contribution in [3.63, 3.8) is 0 Å². The minimum absolute atomic E-state index is 0.278. The van der Waals surface area contributed by atoms with Gasteiger partial charge in [-0.3, -0.25) is 14.3 Å². The van der Waals surface area contributed by atoms with Gasteiger partial charge >= 0.3 is 0 Å². The Morgan fingerprint density at radius 1 is 1.24 bits per heavy atom. The summed E-state index contributed by atoms with van der Waals surface area (Å²) in [5.41, 5.74) is 6.42. The van der Waals surface area contributed by atoms with Crippen LogP contribution in [0.4, 0.5) is 4.39 Å². The van der Waals surface area contributed by atoms with Crippen molar-refractivity contribution in [2.75, 3.05) is 0 Å². The molecule has 0 saturated heterocycles. The Labute approximate surface area is 171 Å². The summed E-state index contributed by atoms with van der Waals surface area (Å²) in [4.78, 5) is 26.4. The predicted octanol–water partition coefficient (Wildman–Crippen LogP) is 3.51. The lowest BCUT2D eigenvalue weighted by atomic mass is 9.81. The van der Waals surface area contributed by atoms with Gasteiger partial charge in [0.2, 0.25) is 5.91 Å².